The Morgan fingerprint density at radius 2 is 2.19 bits per heavy atom. The molecule has 1 aliphatic rings. The highest BCUT2D eigenvalue weighted by Crippen LogP contribution is 2.37. The van der Waals surface area contributed by atoms with Crippen LogP contribution in [0, 0.1) is 0 Å². The van der Waals surface area contributed by atoms with Crippen LogP contribution in [0.2, 0.25) is 0 Å². The smallest absolute Gasteiger partial charge is 0.267 e. The number of nitrogens with zero attached hydrogens (tertiary/aromatic N) is 2. The number of halogens is 1. The summed E-state index contributed by atoms with van der Waals surface area (Å²) >= 11 is 3.46. The lowest BCUT2D eigenvalue weighted by Gasteiger charge is -2.20. The van der Waals surface area contributed by atoms with E-state index < -0.39 is 0 Å². The first-order valence-corrected chi connectivity index (χ1v) is 8.64. The van der Waals surface area contributed by atoms with E-state index in [1.165, 1.54) is 12.8 Å². The predicted octanol–water partition coefficient (Wildman–Crippen LogP) is 3.44. The molecule has 0 saturated heterocycles. The van der Waals surface area contributed by atoms with Crippen LogP contribution in [-0.2, 0) is 0 Å². The van der Waals surface area contributed by atoms with Crippen molar-refractivity contribution in [1.29, 1.82) is 0 Å². The summed E-state index contributed by atoms with van der Waals surface area (Å²) in [6, 6.07) is 3.02. The average molecular weight is 356 g/mol. The fourth-order valence-electron chi connectivity index (χ4n) is 2.32. The lowest BCUT2D eigenvalue weighted by atomic mass is 10.2. The molecule has 1 N–H and O–H groups in total. The van der Waals surface area contributed by atoms with Crippen molar-refractivity contribution in [3.05, 3.63) is 22.4 Å². The van der Waals surface area contributed by atoms with Crippen LogP contribution < -0.4 is 5.32 Å². The number of aromatic nitrogens is 1. The van der Waals surface area contributed by atoms with Crippen LogP contribution >= 0.6 is 15.9 Å². The van der Waals surface area contributed by atoms with E-state index in [4.69, 9.17) is 0 Å². The Hall–Kier alpha value is -0.810. The van der Waals surface area contributed by atoms with Gasteiger partial charge in [0.2, 0.25) is 0 Å². The Labute approximate surface area is 136 Å². The Morgan fingerprint density at radius 1 is 1.48 bits per heavy atom. The summed E-state index contributed by atoms with van der Waals surface area (Å²) in [5, 5.41) is 3.04. The van der Waals surface area contributed by atoms with Gasteiger partial charge in [0.05, 0.1) is 0 Å². The molecule has 0 radical (unpaired) electrons. The summed E-state index contributed by atoms with van der Waals surface area (Å²) in [6.45, 7) is 6.23. The van der Waals surface area contributed by atoms with Crippen molar-refractivity contribution < 1.29 is 4.79 Å². The molecule has 0 aliphatic heterocycles. The van der Waals surface area contributed by atoms with Gasteiger partial charge in [-0.3, -0.25) is 4.79 Å². The van der Waals surface area contributed by atoms with Crippen molar-refractivity contribution in [1.82, 2.24) is 14.8 Å². The monoisotopic (exact) mass is 355 g/mol. The first kappa shape index (κ1) is 16.6. The van der Waals surface area contributed by atoms with E-state index in [-0.39, 0.29) is 5.91 Å². The summed E-state index contributed by atoms with van der Waals surface area (Å²) in [5.41, 5.74) is 0.781. The largest absolute Gasteiger partial charge is 0.351 e. The molecule has 0 unspecified atom stereocenters. The first-order chi connectivity index (χ1) is 9.99. The van der Waals surface area contributed by atoms with Crippen LogP contribution in [0.25, 0.3) is 0 Å². The van der Waals surface area contributed by atoms with E-state index in [0.717, 1.165) is 36.1 Å². The van der Waals surface area contributed by atoms with Crippen molar-refractivity contribution in [2.75, 3.05) is 20.1 Å². The molecule has 1 aliphatic carbocycles. The molecule has 0 bridgehead atoms. The highest BCUT2D eigenvalue weighted by molar-refractivity contribution is 9.10. The number of rotatable bonds is 8. The molecule has 2 rings (SSSR count). The van der Waals surface area contributed by atoms with E-state index in [0.29, 0.717) is 12.1 Å². The maximum Gasteiger partial charge on any atom is 0.267 e. The van der Waals surface area contributed by atoms with Crippen LogP contribution in [0.15, 0.2) is 16.7 Å². The Kier molecular flexibility index (Phi) is 5.88. The molecule has 0 aromatic carbocycles. The Morgan fingerprint density at radius 3 is 2.81 bits per heavy atom. The van der Waals surface area contributed by atoms with E-state index in [1.807, 2.05) is 12.3 Å². The quantitative estimate of drug-likeness (QED) is 0.725. The molecule has 4 nitrogen and oxygen atoms in total. The minimum atomic E-state index is 0.0461. The number of carbonyl (C=O) groups excluding carboxylic acids is 1. The summed E-state index contributed by atoms with van der Waals surface area (Å²) in [4.78, 5) is 14.6. The zero-order valence-corrected chi connectivity index (χ0v) is 14.8. The number of unbranched alkanes of at least 4 members (excludes halogenated alkanes) is 1. The van der Waals surface area contributed by atoms with Gasteiger partial charge in [-0.15, -0.1) is 0 Å². The lowest BCUT2D eigenvalue weighted by Crippen LogP contribution is -2.29. The minimum Gasteiger partial charge on any atom is -0.351 e. The van der Waals surface area contributed by atoms with Gasteiger partial charge in [-0.05, 0) is 75.1 Å². The van der Waals surface area contributed by atoms with Gasteiger partial charge < -0.3 is 14.8 Å². The van der Waals surface area contributed by atoms with Gasteiger partial charge in [0, 0.05) is 29.3 Å². The third-order valence-electron chi connectivity index (χ3n) is 4.09. The second kappa shape index (κ2) is 7.45. The topological polar surface area (TPSA) is 37.3 Å². The van der Waals surface area contributed by atoms with Crippen molar-refractivity contribution >= 4 is 21.8 Å². The van der Waals surface area contributed by atoms with Gasteiger partial charge in [0.1, 0.15) is 5.69 Å². The standard InChI is InChI=1S/C16H26BrN3O/c1-12(2)19(3)9-5-4-8-18-16(21)15-10-13(17)11-20(15)14-6-7-14/h10-12,14H,4-9H2,1-3H3,(H,18,21). The third kappa shape index (κ3) is 4.85. The summed E-state index contributed by atoms with van der Waals surface area (Å²) in [7, 11) is 2.14. The highest BCUT2D eigenvalue weighted by atomic mass is 79.9. The van der Waals surface area contributed by atoms with E-state index in [2.05, 4.69) is 51.6 Å². The van der Waals surface area contributed by atoms with Gasteiger partial charge >= 0.3 is 0 Å². The number of hydrogen-bond acceptors (Lipinski definition) is 2. The molecule has 1 aromatic rings. The van der Waals surface area contributed by atoms with Crippen molar-refractivity contribution in [3.63, 3.8) is 0 Å². The van der Waals surface area contributed by atoms with Gasteiger partial charge in [-0.2, -0.15) is 0 Å². The second-order valence-corrected chi connectivity index (χ2v) is 7.14. The predicted molar refractivity (Wildman–Crippen MR) is 89.7 cm³/mol. The third-order valence-corrected chi connectivity index (χ3v) is 4.53. The van der Waals surface area contributed by atoms with Crippen LogP contribution in [-0.4, -0.2) is 41.6 Å². The molecule has 1 saturated carbocycles. The van der Waals surface area contributed by atoms with Crippen molar-refractivity contribution in [2.24, 2.45) is 0 Å². The zero-order valence-electron chi connectivity index (χ0n) is 13.2. The number of hydrogen-bond donors (Lipinski definition) is 1. The number of carbonyl (C=O) groups is 1. The molecule has 1 heterocycles. The van der Waals surface area contributed by atoms with Crippen molar-refractivity contribution in [2.45, 2.75) is 51.6 Å². The highest BCUT2D eigenvalue weighted by Gasteiger charge is 2.27. The minimum absolute atomic E-state index is 0.0461. The van der Waals surface area contributed by atoms with Crippen LogP contribution in [0.1, 0.15) is 56.1 Å². The van der Waals surface area contributed by atoms with Crippen LogP contribution in [0.5, 0.6) is 0 Å². The fourth-order valence-corrected chi connectivity index (χ4v) is 2.76. The molecule has 0 spiro atoms. The average Bonchev–Trinajstić information content (AvgIpc) is 3.20. The Bertz CT molecular complexity index is 480. The van der Waals surface area contributed by atoms with Gasteiger partial charge in [-0.1, -0.05) is 0 Å². The molecule has 1 fully saturated rings. The van der Waals surface area contributed by atoms with E-state index in [1.54, 1.807) is 0 Å². The molecular weight excluding hydrogens is 330 g/mol. The summed E-state index contributed by atoms with van der Waals surface area (Å²) < 4.78 is 3.09. The maximum absolute atomic E-state index is 12.3. The molecular formula is C16H26BrN3O. The SMILES string of the molecule is CC(C)N(C)CCCCNC(=O)c1cc(Br)cn1C1CC1. The number of amides is 1. The maximum atomic E-state index is 12.3. The van der Waals surface area contributed by atoms with E-state index in [9.17, 15) is 4.79 Å². The molecule has 0 atom stereocenters. The van der Waals surface area contributed by atoms with Gasteiger partial charge in [0.25, 0.3) is 5.91 Å². The Balaban J connectivity index is 1.72. The fraction of sp³-hybridized carbons (Fsp3) is 0.688. The van der Waals surface area contributed by atoms with Gasteiger partial charge in [0.15, 0.2) is 0 Å². The van der Waals surface area contributed by atoms with Gasteiger partial charge in [-0.25, -0.2) is 0 Å². The zero-order chi connectivity index (χ0) is 15.4. The molecule has 1 aromatic heterocycles. The first-order valence-electron chi connectivity index (χ1n) is 7.85. The summed E-state index contributed by atoms with van der Waals surface area (Å²) in [6.07, 6.45) is 6.52. The normalized spacial score (nSPS) is 15.0. The molecule has 118 valence electrons. The second-order valence-electron chi connectivity index (χ2n) is 6.22. The molecule has 21 heavy (non-hydrogen) atoms. The van der Waals surface area contributed by atoms with Crippen LogP contribution in [0.4, 0.5) is 0 Å². The van der Waals surface area contributed by atoms with Crippen LogP contribution in [0.3, 0.4) is 0 Å². The van der Waals surface area contributed by atoms with Crippen molar-refractivity contribution in [3.8, 4) is 0 Å². The lowest BCUT2D eigenvalue weighted by molar-refractivity contribution is 0.0943. The molecule has 5 heteroatoms. The van der Waals surface area contributed by atoms with E-state index >= 15 is 0 Å². The summed E-state index contributed by atoms with van der Waals surface area (Å²) in [5.74, 6) is 0.0461. The number of nitrogens with one attached hydrogen (secondary N) is 1. The molecule has 1 amide bonds.